The number of benzene rings is 1. The van der Waals surface area contributed by atoms with Crippen molar-refractivity contribution in [2.75, 3.05) is 11.9 Å². The zero-order chi connectivity index (χ0) is 13.8. The quantitative estimate of drug-likeness (QED) is 0.866. The minimum atomic E-state index is -0.478. The van der Waals surface area contributed by atoms with Crippen LogP contribution < -0.4 is 16.4 Å². The number of aromatic nitrogens is 1. The van der Waals surface area contributed by atoms with Gasteiger partial charge < -0.3 is 16.4 Å². The van der Waals surface area contributed by atoms with E-state index in [2.05, 4.69) is 4.98 Å². The van der Waals surface area contributed by atoms with E-state index < -0.39 is 5.91 Å². The minimum absolute atomic E-state index is 0.399. The Hall–Kier alpha value is -2.40. The van der Waals surface area contributed by atoms with Gasteiger partial charge in [0.05, 0.1) is 5.56 Å². The van der Waals surface area contributed by atoms with Gasteiger partial charge >= 0.3 is 0 Å². The smallest absolute Gasteiger partial charge is 0.250 e. The Kier molecular flexibility index (Phi) is 3.77. The van der Waals surface area contributed by atoms with Gasteiger partial charge in [-0.2, -0.15) is 0 Å². The highest BCUT2D eigenvalue weighted by molar-refractivity contribution is 5.92. The Labute approximate surface area is 111 Å². The number of hydrogen-bond acceptors (Lipinski definition) is 4. The van der Waals surface area contributed by atoms with E-state index in [1.807, 2.05) is 36.2 Å². The molecule has 19 heavy (non-hydrogen) atoms. The van der Waals surface area contributed by atoms with Gasteiger partial charge in [-0.3, -0.25) is 4.79 Å². The Morgan fingerprint density at radius 2 is 1.89 bits per heavy atom. The maximum Gasteiger partial charge on any atom is 0.250 e. The van der Waals surface area contributed by atoms with Crippen molar-refractivity contribution in [3.8, 4) is 0 Å². The van der Waals surface area contributed by atoms with Gasteiger partial charge in [-0.1, -0.05) is 12.1 Å². The van der Waals surface area contributed by atoms with Crippen LogP contribution in [-0.4, -0.2) is 17.9 Å². The molecule has 0 radical (unpaired) electrons. The average Bonchev–Trinajstić information content (AvgIpc) is 2.46. The highest BCUT2D eigenvalue weighted by Gasteiger charge is 2.06. The average molecular weight is 256 g/mol. The number of rotatable bonds is 4. The molecule has 0 saturated heterocycles. The Morgan fingerprint density at radius 3 is 2.37 bits per heavy atom. The van der Waals surface area contributed by atoms with Crippen LogP contribution in [0.2, 0.25) is 0 Å². The number of carbonyl (C=O) groups excluding carboxylic acids is 1. The van der Waals surface area contributed by atoms with Crippen LogP contribution in [0.4, 0.5) is 11.5 Å². The van der Waals surface area contributed by atoms with Crippen molar-refractivity contribution in [2.24, 2.45) is 11.5 Å². The topological polar surface area (TPSA) is 85.2 Å². The van der Waals surface area contributed by atoms with E-state index in [-0.39, 0.29) is 0 Å². The summed E-state index contributed by atoms with van der Waals surface area (Å²) in [5, 5.41) is 0. The van der Waals surface area contributed by atoms with Gasteiger partial charge in [0.2, 0.25) is 5.91 Å². The van der Waals surface area contributed by atoms with E-state index in [4.69, 9.17) is 11.5 Å². The molecule has 0 bridgehead atoms. The van der Waals surface area contributed by atoms with Crippen LogP contribution in [0.15, 0.2) is 42.6 Å². The number of amides is 1. The Bertz CT molecular complexity index is 563. The fourth-order valence-electron chi connectivity index (χ4n) is 1.72. The third-order valence-electron chi connectivity index (χ3n) is 2.94. The third-order valence-corrected chi connectivity index (χ3v) is 2.94. The lowest BCUT2D eigenvalue weighted by Gasteiger charge is -2.18. The molecule has 2 aromatic rings. The number of nitrogens with zero attached hydrogens (tertiary/aromatic N) is 2. The van der Waals surface area contributed by atoms with Gasteiger partial charge in [-0.15, -0.1) is 0 Å². The highest BCUT2D eigenvalue weighted by Crippen LogP contribution is 2.21. The molecular formula is C14H16N4O. The molecule has 0 aliphatic carbocycles. The minimum Gasteiger partial charge on any atom is -0.366 e. The van der Waals surface area contributed by atoms with Crippen LogP contribution in [0.25, 0.3) is 0 Å². The number of primary amides is 1. The van der Waals surface area contributed by atoms with E-state index in [0.29, 0.717) is 12.1 Å². The molecule has 5 nitrogen and oxygen atoms in total. The summed E-state index contributed by atoms with van der Waals surface area (Å²) in [6.07, 6.45) is 1.47. The molecule has 98 valence electrons. The first-order valence-corrected chi connectivity index (χ1v) is 5.90. The van der Waals surface area contributed by atoms with Crippen LogP contribution in [0.1, 0.15) is 15.9 Å². The number of anilines is 2. The number of hydrogen-bond donors (Lipinski definition) is 2. The second kappa shape index (κ2) is 5.49. The van der Waals surface area contributed by atoms with E-state index in [1.165, 1.54) is 6.20 Å². The van der Waals surface area contributed by atoms with Crippen molar-refractivity contribution in [2.45, 2.75) is 6.54 Å². The summed E-state index contributed by atoms with van der Waals surface area (Å²) in [6.45, 7) is 0.523. The molecule has 1 aromatic heterocycles. The van der Waals surface area contributed by atoms with E-state index in [9.17, 15) is 4.79 Å². The molecule has 0 aliphatic heterocycles. The predicted octanol–water partition coefficient (Wildman–Crippen LogP) is 1.41. The predicted molar refractivity (Wildman–Crippen MR) is 75.2 cm³/mol. The molecule has 2 rings (SSSR count). The van der Waals surface area contributed by atoms with Crippen molar-refractivity contribution in [3.05, 3.63) is 53.7 Å². The van der Waals surface area contributed by atoms with E-state index in [0.717, 1.165) is 17.1 Å². The van der Waals surface area contributed by atoms with Crippen molar-refractivity contribution in [3.63, 3.8) is 0 Å². The fraction of sp³-hybridized carbons (Fsp3) is 0.143. The number of pyridine rings is 1. The molecular weight excluding hydrogens is 240 g/mol. The first-order chi connectivity index (χ1) is 9.11. The first-order valence-electron chi connectivity index (χ1n) is 5.90. The van der Waals surface area contributed by atoms with Crippen LogP contribution in [0, 0.1) is 0 Å². The van der Waals surface area contributed by atoms with Crippen LogP contribution in [0.3, 0.4) is 0 Å². The van der Waals surface area contributed by atoms with Crippen molar-refractivity contribution in [1.82, 2.24) is 4.98 Å². The van der Waals surface area contributed by atoms with E-state index >= 15 is 0 Å². The van der Waals surface area contributed by atoms with E-state index in [1.54, 1.807) is 12.1 Å². The lowest BCUT2D eigenvalue weighted by Crippen LogP contribution is -2.14. The first kappa shape index (κ1) is 13.0. The molecule has 4 N–H and O–H groups in total. The molecule has 0 spiro atoms. The monoisotopic (exact) mass is 256 g/mol. The molecule has 1 amide bonds. The standard InChI is InChI=1S/C14H16N4O/c1-18(12-5-2-10(8-15)3-6-12)13-7-4-11(9-17-13)14(16)19/h2-7,9H,8,15H2,1H3,(H2,16,19). The van der Waals surface area contributed by atoms with Gasteiger partial charge in [-0.25, -0.2) is 4.98 Å². The van der Waals surface area contributed by atoms with Crippen molar-refractivity contribution < 1.29 is 4.79 Å². The summed E-state index contributed by atoms with van der Waals surface area (Å²) in [5.74, 6) is 0.263. The Balaban J connectivity index is 2.22. The van der Waals surface area contributed by atoms with Gasteiger partial charge in [0, 0.05) is 25.5 Å². The fourth-order valence-corrected chi connectivity index (χ4v) is 1.72. The highest BCUT2D eigenvalue weighted by atomic mass is 16.1. The molecule has 1 aromatic carbocycles. The summed E-state index contributed by atoms with van der Waals surface area (Å²) in [6, 6.07) is 11.3. The van der Waals surface area contributed by atoms with Crippen LogP contribution in [0.5, 0.6) is 0 Å². The lowest BCUT2D eigenvalue weighted by molar-refractivity contribution is 0.1000. The second-order valence-corrected chi connectivity index (χ2v) is 4.20. The summed E-state index contributed by atoms with van der Waals surface area (Å²) in [7, 11) is 1.91. The lowest BCUT2D eigenvalue weighted by atomic mass is 10.2. The summed E-state index contributed by atoms with van der Waals surface area (Å²) in [4.78, 5) is 17.1. The Morgan fingerprint density at radius 1 is 1.21 bits per heavy atom. The second-order valence-electron chi connectivity index (χ2n) is 4.20. The summed E-state index contributed by atoms with van der Waals surface area (Å²) >= 11 is 0. The van der Waals surface area contributed by atoms with Gasteiger partial charge in [-0.05, 0) is 29.8 Å². The normalized spacial score (nSPS) is 10.2. The zero-order valence-electron chi connectivity index (χ0n) is 10.7. The summed E-state index contributed by atoms with van der Waals surface area (Å²) in [5.41, 5.74) is 13.2. The summed E-state index contributed by atoms with van der Waals surface area (Å²) < 4.78 is 0. The zero-order valence-corrected chi connectivity index (χ0v) is 10.7. The van der Waals surface area contributed by atoms with Gasteiger partial charge in [0.25, 0.3) is 0 Å². The largest absolute Gasteiger partial charge is 0.366 e. The molecule has 0 unspecified atom stereocenters. The molecule has 0 saturated carbocycles. The maximum absolute atomic E-state index is 11.0. The van der Waals surface area contributed by atoms with Gasteiger partial charge in [0.1, 0.15) is 5.82 Å². The molecule has 0 fully saturated rings. The maximum atomic E-state index is 11.0. The SMILES string of the molecule is CN(c1ccc(CN)cc1)c1ccc(C(N)=O)cn1. The van der Waals surface area contributed by atoms with Gasteiger partial charge in [0.15, 0.2) is 0 Å². The molecule has 1 heterocycles. The number of carbonyl (C=O) groups is 1. The van der Waals surface area contributed by atoms with Crippen LogP contribution >= 0.6 is 0 Å². The van der Waals surface area contributed by atoms with Crippen molar-refractivity contribution >= 4 is 17.4 Å². The molecule has 5 heteroatoms. The van der Waals surface area contributed by atoms with Crippen molar-refractivity contribution in [1.29, 1.82) is 0 Å². The third kappa shape index (κ3) is 2.89. The molecule has 0 aliphatic rings. The van der Waals surface area contributed by atoms with Crippen LogP contribution in [-0.2, 0) is 6.54 Å². The molecule has 0 atom stereocenters. The number of nitrogens with two attached hydrogens (primary N) is 2.